The van der Waals surface area contributed by atoms with Crippen LogP contribution in [0.15, 0.2) is 29.8 Å². The second-order valence-electron chi connectivity index (χ2n) is 4.90. The molecule has 1 saturated heterocycles. The van der Waals surface area contributed by atoms with Crippen LogP contribution in [0, 0.1) is 0 Å². The van der Waals surface area contributed by atoms with E-state index < -0.39 is 0 Å². The van der Waals surface area contributed by atoms with Gasteiger partial charge in [-0.1, -0.05) is 23.8 Å². The third-order valence-electron chi connectivity index (χ3n) is 2.92. The Morgan fingerprint density at radius 2 is 1.84 bits per heavy atom. The molecule has 0 aromatic heterocycles. The first-order valence-electron chi connectivity index (χ1n) is 6.57. The van der Waals surface area contributed by atoms with E-state index in [1.165, 1.54) is 5.57 Å². The standard InChI is InChI=1S/C15H20N2O2/c1-12(2)11-13-3-5-14(6-4-13)19-15(18)17-9-7-16-8-10-17/h3-6,11,16H,7-10H2,1-2H3. The molecule has 1 aromatic rings. The zero-order chi connectivity index (χ0) is 13.7. The van der Waals surface area contributed by atoms with Crippen molar-refractivity contribution in [2.45, 2.75) is 13.8 Å². The molecule has 102 valence electrons. The Kier molecular flexibility index (Phi) is 4.58. The average molecular weight is 260 g/mol. The quantitative estimate of drug-likeness (QED) is 0.888. The van der Waals surface area contributed by atoms with Crippen LogP contribution in [0.5, 0.6) is 5.75 Å². The molecular weight excluding hydrogens is 240 g/mol. The normalized spacial score (nSPS) is 14.9. The molecule has 0 bridgehead atoms. The van der Waals surface area contributed by atoms with Crippen molar-refractivity contribution in [3.8, 4) is 5.75 Å². The summed E-state index contributed by atoms with van der Waals surface area (Å²) in [5, 5.41) is 3.20. The van der Waals surface area contributed by atoms with Gasteiger partial charge >= 0.3 is 6.09 Å². The summed E-state index contributed by atoms with van der Waals surface area (Å²) in [4.78, 5) is 13.6. The maximum Gasteiger partial charge on any atom is 0.415 e. The van der Waals surface area contributed by atoms with E-state index in [9.17, 15) is 4.79 Å². The molecule has 1 N–H and O–H groups in total. The monoisotopic (exact) mass is 260 g/mol. The van der Waals surface area contributed by atoms with Crippen molar-refractivity contribution in [2.75, 3.05) is 26.2 Å². The van der Waals surface area contributed by atoms with Crippen LogP contribution in [0.1, 0.15) is 19.4 Å². The van der Waals surface area contributed by atoms with Gasteiger partial charge in [-0.2, -0.15) is 0 Å². The molecule has 4 heteroatoms. The van der Waals surface area contributed by atoms with Crippen LogP contribution in [-0.2, 0) is 0 Å². The Bertz CT molecular complexity index is 456. The zero-order valence-electron chi connectivity index (χ0n) is 11.5. The molecule has 1 aromatic carbocycles. The maximum atomic E-state index is 11.9. The summed E-state index contributed by atoms with van der Waals surface area (Å²) in [5.74, 6) is 0.592. The number of benzene rings is 1. The predicted molar refractivity (Wildman–Crippen MR) is 76.2 cm³/mol. The first-order valence-corrected chi connectivity index (χ1v) is 6.57. The summed E-state index contributed by atoms with van der Waals surface area (Å²) in [6.07, 6.45) is 1.82. The third kappa shape index (κ3) is 4.10. The van der Waals surface area contributed by atoms with Crippen LogP contribution in [0.25, 0.3) is 6.08 Å². The van der Waals surface area contributed by atoms with E-state index >= 15 is 0 Å². The summed E-state index contributed by atoms with van der Waals surface area (Å²) < 4.78 is 5.35. The molecule has 4 nitrogen and oxygen atoms in total. The zero-order valence-corrected chi connectivity index (χ0v) is 11.5. The molecular formula is C15H20N2O2. The fourth-order valence-electron chi connectivity index (χ4n) is 1.98. The summed E-state index contributed by atoms with van der Waals surface area (Å²) in [5.41, 5.74) is 2.35. The van der Waals surface area contributed by atoms with Gasteiger partial charge in [0.05, 0.1) is 0 Å². The third-order valence-corrected chi connectivity index (χ3v) is 2.92. The van der Waals surface area contributed by atoms with Gasteiger partial charge in [0.2, 0.25) is 0 Å². The van der Waals surface area contributed by atoms with Gasteiger partial charge in [0.1, 0.15) is 5.75 Å². The molecule has 2 rings (SSSR count). The highest BCUT2D eigenvalue weighted by atomic mass is 16.6. The number of hydrogen-bond donors (Lipinski definition) is 1. The number of rotatable bonds is 2. The summed E-state index contributed by atoms with van der Waals surface area (Å²) in [7, 11) is 0. The second kappa shape index (κ2) is 6.38. The van der Waals surface area contributed by atoms with Gasteiger partial charge in [-0.15, -0.1) is 0 Å². The first kappa shape index (κ1) is 13.6. The topological polar surface area (TPSA) is 41.6 Å². The lowest BCUT2D eigenvalue weighted by Gasteiger charge is -2.26. The lowest BCUT2D eigenvalue weighted by molar-refractivity contribution is 0.146. The molecule has 1 fully saturated rings. The SMILES string of the molecule is CC(C)=Cc1ccc(OC(=O)N2CCNCC2)cc1. The summed E-state index contributed by atoms with van der Waals surface area (Å²) in [6, 6.07) is 7.56. The lowest BCUT2D eigenvalue weighted by Crippen LogP contribution is -2.47. The van der Waals surface area contributed by atoms with Crippen LogP contribution >= 0.6 is 0 Å². The fraction of sp³-hybridized carbons (Fsp3) is 0.400. The van der Waals surface area contributed by atoms with E-state index in [2.05, 4.69) is 25.2 Å². The first-order chi connectivity index (χ1) is 9.15. The maximum absolute atomic E-state index is 11.9. The van der Waals surface area contributed by atoms with Crippen LogP contribution < -0.4 is 10.1 Å². The molecule has 0 saturated carbocycles. The van der Waals surface area contributed by atoms with E-state index in [0.717, 1.165) is 18.7 Å². The van der Waals surface area contributed by atoms with Gasteiger partial charge in [0, 0.05) is 26.2 Å². The van der Waals surface area contributed by atoms with Gasteiger partial charge in [-0.05, 0) is 31.5 Å². The Labute approximate surface area is 114 Å². The Morgan fingerprint density at radius 1 is 1.21 bits per heavy atom. The number of nitrogens with one attached hydrogen (secondary N) is 1. The predicted octanol–water partition coefficient (Wildman–Crippen LogP) is 2.51. The molecule has 0 unspecified atom stereocenters. The molecule has 0 aliphatic carbocycles. The molecule has 0 radical (unpaired) electrons. The number of carbonyl (C=O) groups excluding carboxylic acids is 1. The minimum absolute atomic E-state index is 0.267. The van der Waals surface area contributed by atoms with Gasteiger partial charge in [0.25, 0.3) is 0 Å². The van der Waals surface area contributed by atoms with Gasteiger partial charge < -0.3 is 15.0 Å². The highest BCUT2D eigenvalue weighted by molar-refractivity contribution is 5.71. The summed E-state index contributed by atoms with van der Waals surface area (Å²) >= 11 is 0. The van der Waals surface area contributed by atoms with Crippen LogP contribution in [-0.4, -0.2) is 37.2 Å². The number of piperazine rings is 1. The minimum atomic E-state index is -0.267. The van der Waals surface area contributed by atoms with Crippen molar-refractivity contribution in [1.29, 1.82) is 0 Å². The number of hydrogen-bond acceptors (Lipinski definition) is 3. The van der Waals surface area contributed by atoms with E-state index in [1.54, 1.807) is 4.90 Å². The molecule has 1 amide bonds. The average Bonchev–Trinajstić information content (AvgIpc) is 2.41. The van der Waals surface area contributed by atoms with E-state index in [0.29, 0.717) is 18.8 Å². The second-order valence-corrected chi connectivity index (χ2v) is 4.90. The lowest BCUT2D eigenvalue weighted by atomic mass is 10.1. The highest BCUT2D eigenvalue weighted by Gasteiger charge is 2.17. The molecule has 19 heavy (non-hydrogen) atoms. The van der Waals surface area contributed by atoms with Crippen molar-refractivity contribution < 1.29 is 9.53 Å². The van der Waals surface area contributed by atoms with Crippen molar-refractivity contribution in [3.63, 3.8) is 0 Å². The number of nitrogens with zero attached hydrogens (tertiary/aromatic N) is 1. The van der Waals surface area contributed by atoms with Gasteiger partial charge in [0.15, 0.2) is 0 Å². The number of allylic oxidation sites excluding steroid dienone is 1. The number of amides is 1. The Hall–Kier alpha value is -1.81. The molecule has 0 spiro atoms. The Balaban J connectivity index is 1.95. The Morgan fingerprint density at radius 3 is 2.42 bits per heavy atom. The highest BCUT2D eigenvalue weighted by Crippen LogP contribution is 2.15. The van der Waals surface area contributed by atoms with Crippen molar-refractivity contribution in [3.05, 3.63) is 35.4 Å². The smallest absolute Gasteiger partial charge is 0.410 e. The van der Waals surface area contributed by atoms with Crippen LogP contribution in [0.3, 0.4) is 0 Å². The summed E-state index contributed by atoms with van der Waals surface area (Å²) in [6.45, 7) is 7.17. The molecule has 1 aliphatic heterocycles. The van der Waals surface area contributed by atoms with Crippen LogP contribution in [0.4, 0.5) is 4.79 Å². The molecule has 1 aliphatic rings. The van der Waals surface area contributed by atoms with Crippen molar-refractivity contribution in [2.24, 2.45) is 0 Å². The van der Waals surface area contributed by atoms with Gasteiger partial charge in [-0.25, -0.2) is 4.79 Å². The van der Waals surface area contributed by atoms with Crippen molar-refractivity contribution >= 4 is 12.2 Å². The van der Waals surface area contributed by atoms with Gasteiger partial charge in [-0.3, -0.25) is 0 Å². The molecule has 1 heterocycles. The molecule has 0 atom stereocenters. The van der Waals surface area contributed by atoms with E-state index in [4.69, 9.17) is 4.74 Å². The van der Waals surface area contributed by atoms with E-state index in [1.807, 2.05) is 24.3 Å². The number of ether oxygens (including phenoxy) is 1. The minimum Gasteiger partial charge on any atom is -0.410 e. The van der Waals surface area contributed by atoms with Crippen LogP contribution in [0.2, 0.25) is 0 Å². The fourth-order valence-corrected chi connectivity index (χ4v) is 1.98. The number of carbonyl (C=O) groups is 1. The largest absolute Gasteiger partial charge is 0.415 e. The van der Waals surface area contributed by atoms with E-state index in [-0.39, 0.29) is 6.09 Å². The van der Waals surface area contributed by atoms with Crippen molar-refractivity contribution in [1.82, 2.24) is 10.2 Å².